The standard InChI is InChI=1S/C19H24N6O5/c20-8-16(26)24-14(7-13-9-21-11-23-13)18(28)22-10-17(27)25-15(19(29)30)6-12-4-2-1-3-5-12/h1-5,9,11,14-15H,6-8,10,20H2,(H,21,23)(H,22,28)(H,24,26)(H,25,27)(H,29,30). The lowest BCUT2D eigenvalue weighted by atomic mass is 10.1. The Labute approximate surface area is 172 Å². The van der Waals surface area contributed by atoms with Gasteiger partial charge in [0.15, 0.2) is 0 Å². The minimum Gasteiger partial charge on any atom is -0.480 e. The Balaban J connectivity index is 1.91. The summed E-state index contributed by atoms with van der Waals surface area (Å²) in [7, 11) is 0. The lowest BCUT2D eigenvalue weighted by Crippen LogP contribution is -2.52. The van der Waals surface area contributed by atoms with E-state index < -0.39 is 42.3 Å². The Kier molecular flexibility index (Phi) is 8.51. The van der Waals surface area contributed by atoms with Gasteiger partial charge in [0.1, 0.15) is 12.1 Å². The number of carbonyl (C=O) groups is 4. The van der Waals surface area contributed by atoms with Crippen LogP contribution in [-0.4, -0.2) is 63.9 Å². The lowest BCUT2D eigenvalue weighted by Gasteiger charge is -2.18. The van der Waals surface area contributed by atoms with Crippen molar-refractivity contribution in [3.63, 3.8) is 0 Å². The highest BCUT2D eigenvalue weighted by atomic mass is 16.4. The topological polar surface area (TPSA) is 179 Å². The van der Waals surface area contributed by atoms with Gasteiger partial charge in [-0.2, -0.15) is 0 Å². The summed E-state index contributed by atoms with van der Waals surface area (Å²) in [6.45, 7) is -0.748. The van der Waals surface area contributed by atoms with E-state index in [2.05, 4.69) is 25.9 Å². The first-order valence-corrected chi connectivity index (χ1v) is 9.19. The molecule has 0 aliphatic carbocycles. The molecule has 2 aromatic rings. The number of rotatable bonds is 11. The second kappa shape index (κ2) is 11.3. The molecule has 160 valence electrons. The number of hydrogen-bond acceptors (Lipinski definition) is 6. The summed E-state index contributed by atoms with van der Waals surface area (Å²) in [5.74, 6) is -3.01. The third-order valence-corrected chi connectivity index (χ3v) is 4.16. The molecule has 2 rings (SSSR count). The maximum Gasteiger partial charge on any atom is 0.326 e. The largest absolute Gasteiger partial charge is 0.480 e. The van der Waals surface area contributed by atoms with E-state index in [4.69, 9.17) is 5.73 Å². The van der Waals surface area contributed by atoms with Crippen LogP contribution in [0.1, 0.15) is 11.3 Å². The molecule has 2 unspecified atom stereocenters. The summed E-state index contributed by atoms with van der Waals surface area (Å²) >= 11 is 0. The SMILES string of the molecule is NCC(=O)NC(Cc1cnc[nH]1)C(=O)NCC(=O)NC(Cc1ccccc1)C(=O)O. The van der Waals surface area contributed by atoms with Gasteiger partial charge in [-0.25, -0.2) is 9.78 Å². The minimum absolute atomic E-state index is 0.102. The highest BCUT2D eigenvalue weighted by Gasteiger charge is 2.24. The van der Waals surface area contributed by atoms with E-state index in [1.807, 2.05) is 0 Å². The summed E-state index contributed by atoms with van der Waals surface area (Å²) in [6.07, 6.45) is 3.15. The van der Waals surface area contributed by atoms with Crippen LogP contribution in [0, 0.1) is 0 Å². The molecule has 11 nitrogen and oxygen atoms in total. The van der Waals surface area contributed by atoms with E-state index in [0.29, 0.717) is 5.69 Å². The van der Waals surface area contributed by atoms with Crippen LogP contribution in [0.25, 0.3) is 0 Å². The van der Waals surface area contributed by atoms with Crippen LogP contribution in [0.3, 0.4) is 0 Å². The Bertz CT molecular complexity index is 856. The number of aromatic amines is 1. The lowest BCUT2D eigenvalue weighted by molar-refractivity contribution is -0.141. The van der Waals surface area contributed by atoms with E-state index in [9.17, 15) is 24.3 Å². The van der Waals surface area contributed by atoms with E-state index in [1.54, 1.807) is 30.3 Å². The highest BCUT2D eigenvalue weighted by molar-refractivity contribution is 5.92. The van der Waals surface area contributed by atoms with Crippen LogP contribution in [0.5, 0.6) is 0 Å². The summed E-state index contributed by atoms with van der Waals surface area (Å²) in [6, 6.07) is 6.73. The van der Waals surface area contributed by atoms with Crippen LogP contribution >= 0.6 is 0 Å². The first-order chi connectivity index (χ1) is 14.4. The van der Waals surface area contributed by atoms with Crippen molar-refractivity contribution in [2.45, 2.75) is 24.9 Å². The van der Waals surface area contributed by atoms with Gasteiger partial charge in [-0.3, -0.25) is 14.4 Å². The fourth-order valence-electron chi connectivity index (χ4n) is 2.66. The normalized spacial score (nSPS) is 12.4. The number of nitrogens with two attached hydrogens (primary N) is 1. The molecule has 1 aromatic heterocycles. The molecule has 0 bridgehead atoms. The predicted octanol–water partition coefficient (Wildman–Crippen LogP) is -1.68. The van der Waals surface area contributed by atoms with Crippen molar-refractivity contribution in [3.05, 3.63) is 54.1 Å². The number of nitrogens with one attached hydrogen (secondary N) is 4. The van der Waals surface area contributed by atoms with Gasteiger partial charge in [-0.1, -0.05) is 30.3 Å². The van der Waals surface area contributed by atoms with Crippen molar-refractivity contribution in [2.75, 3.05) is 13.1 Å². The van der Waals surface area contributed by atoms with Crippen LogP contribution in [0.15, 0.2) is 42.9 Å². The van der Waals surface area contributed by atoms with Gasteiger partial charge in [-0.15, -0.1) is 0 Å². The second-order valence-corrected chi connectivity index (χ2v) is 6.47. The third-order valence-electron chi connectivity index (χ3n) is 4.16. The Morgan fingerprint density at radius 3 is 2.33 bits per heavy atom. The van der Waals surface area contributed by atoms with E-state index in [0.717, 1.165) is 5.56 Å². The van der Waals surface area contributed by atoms with Gasteiger partial charge in [-0.05, 0) is 5.56 Å². The molecule has 0 spiro atoms. The molecule has 30 heavy (non-hydrogen) atoms. The van der Waals surface area contributed by atoms with Gasteiger partial charge < -0.3 is 31.8 Å². The number of imidazole rings is 1. The number of carboxylic acid groups (broad SMARTS) is 1. The first kappa shape index (κ1) is 22.6. The summed E-state index contributed by atoms with van der Waals surface area (Å²) in [4.78, 5) is 54.3. The van der Waals surface area contributed by atoms with Crippen LogP contribution in [-0.2, 0) is 32.0 Å². The van der Waals surface area contributed by atoms with Crippen molar-refractivity contribution in [2.24, 2.45) is 5.73 Å². The molecule has 2 atom stereocenters. The van der Waals surface area contributed by atoms with Gasteiger partial charge in [0.2, 0.25) is 17.7 Å². The number of H-pyrrole nitrogens is 1. The summed E-state index contributed by atoms with van der Waals surface area (Å²) in [5, 5.41) is 16.6. The molecule has 7 N–H and O–H groups in total. The molecular weight excluding hydrogens is 392 g/mol. The second-order valence-electron chi connectivity index (χ2n) is 6.47. The first-order valence-electron chi connectivity index (χ1n) is 9.19. The number of carboxylic acids is 1. The zero-order valence-corrected chi connectivity index (χ0v) is 16.1. The van der Waals surface area contributed by atoms with Crippen LogP contribution < -0.4 is 21.7 Å². The monoisotopic (exact) mass is 416 g/mol. The van der Waals surface area contributed by atoms with Crippen molar-refractivity contribution in [1.29, 1.82) is 0 Å². The average molecular weight is 416 g/mol. The Hall–Kier alpha value is -3.73. The summed E-state index contributed by atoms with van der Waals surface area (Å²) in [5.41, 5.74) is 6.63. The summed E-state index contributed by atoms with van der Waals surface area (Å²) < 4.78 is 0. The Morgan fingerprint density at radius 2 is 1.73 bits per heavy atom. The minimum atomic E-state index is -1.19. The number of nitrogens with zero attached hydrogens (tertiary/aromatic N) is 1. The van der Waals surface area contributed by atoms with Crippen LogP contribution in [0.2, 0.25) is 0 Å². The van der Waals surface area contributed by atoms with Crippen molar-refractivity contribution < 1.29 is 24.3 Å². The maximum atomic E-state index is 12.4. The van der Waals surface area contributed by atoms with Gasteiger partial charge in [0.05, 0.1) is 19.4 Å². The number of benzene rings is 1. The molecule has 0 aliphatic heterocycles. The predicted molar refractivity (Wildman–Crippen MR) is 106 cm³/mol. The fourth-order valence-corrected chi connectivity index (χ4v) is 2.66. The number of carbonyl (C=O) groups excluding carboxylic acids is 3. The number of hydrogen-bond donors (Lipinski definition) is 6. The zero-order valence-electron chi connectivity index (χ0n) is 16.1. The maximum absolute atomic E-state index is 12.4. The number of aromatic nitrogens is 2. The molecule has 1 aromatic carbocycles. The molecule has 0 saturated heterocycles. The van der Waals surface area contributed by atoms with Crippen molar-refractivity contribution in [1.82, 2.24) is 25.9 Å². The Morgan fingerprint density at radius 1 is 1.03 bits per heavy atom. The molecule has 0 radical (unpaired) electrons. The smallest absolute Gasteiger partial charge is 0.326 e. The van der Waals surface area contributed by atoms with Gasteiger partial charge in [0.25, 0.3) is 0 Å². The third kappa shape index (κ3) is 7.36. The van der Waals surface area contributed by atoms with Gasteiger partial charge >= 0.3 is 5.97 Å². The molecule has 3 amide bonds. The van der Waals surface area contributed by atoms with E-state index >= 15 is 0 Å². The quantitative estimate of drug-likeness (QED) is 0.253. The van der Waals surface area contributed by atoms with Crippen molar-refractivity contribution >= 4 is 23.7 Å². The van der Waals surface area contributed by atoms with Gasteiger partial charge in [0, 0.05) is 24.7 Å². The molecule has 0 fully saturated rings. The molecule has 11 heteroatoms. The van der Waals surface area contributed by atoms with Crippen molar-refractivity contribution in [3.8, 4) is 0 Å². The van der Waals surface area contributed by atoms with E-state index in [-0.39, 0.29) is 19.4 Å². The molecular formula is C19H24N6O5. The number of amides is 3. The molecule has 0 aliphatic rings. The molecule has 0 saturated carbocycles. The molecule has 1 heterocycles. The zero-order chi connectivity index (χ0) is 21.9. The van der Waals surface area contributed by atoms with E-state index in [1.165, 1.54) is 12.5 Å². The highest BCUT2D eigenvalue weighted by Crippen LogP contribution is 2.03. The number of aliphatic carboxylic acids is 1. The fraction of sp³-hybridized carbons (Fsp3) is 0.316. The van der Waals surface area contributed by atoms with Crippen LogP contribution in [0.4, 0.5) is 0 Å². The average Bonchev–Trinajstić information content (AvgIpc) is 3.24.